The van der Waals surface area contributed by atoms with E-state index in [1.807, 2.05) is 6.07 Å². The Morgan fingerprint density at radius 3 is 2.65 bits per heavy atom. The Balaban J connectivity index is 1.53. The van der Waals surface area contributed by atoms with E-state index in [4.69, 9.17) is 9.47 Å². The van der Waals surface area contributed by atoms with Crippen LogP contribution in [0.2, 0.25) is 0 Å². The highest BCUT2D eigenvalue weighted by atomic mass is 16.5. The molecular weight excluding hydrogens is 334 g/mol. The molecule has 1 heterocycles. The highest BCUT2D eigenvalue weighted by molar-refractivity contribution is 5.78. The van der Waals surface area contributed by atoms with E-state index < -0.39 is 0 Å². The maximum absolute atomic E-state index is 12.1. The minimum Gasteiger partial charge on any atom is -0.493 e. The molecule has 1 N–H and O–H groups in total. The van der Waals surface area contributed by atoms with Crippen LogP contribution in [0.5, 0.6) is 11.5 Å². The Morgan fingerprint density at radius 1 is 1.19 bits per heavy atom. The smallest absolute Gasteiger partial charge is 0.266 e. The van der Waals surface area contributed by atoms with Crippen LogP contribution >= 0.6 is 0 Å². The van der Waals surface area contributed by atoms with E-state index in [0.717, 1.165) is 24.1 Å². The first-order valence-electron chi connectivity index (χ1n) is 8.66. The van der Waals surface area contributed by atoms with Gasteiger partial charge in [0.1, 0.15) is 0 Å². The number of benzene rings is 1. The first-order chi connectivity index (χ1) is 12.6. The molecule has 0 radical (unpaired) electrons. The minimum atomic E-state index is -0.150. The van der Waals surface area contributed by atoms with Gasteiger partial charge >= 0.3 is 0 Å². The Kier molecular flexibility index (Phi) is 5.55. The summed E-state index contributed by atoms with van der Waals surface area (Å²) in [4.78, 5) is 24.0. The van der Waals surface area contributed by atoms with E-state index in [0.29, 0.717) is 30.5 Å². The molecule has 0 bridgehead atoms. The Hall–Kier alpha value is -2.83. The molecule has 26 heavy (non-hydrogen) atoms. The molecule has 1 aromatic carbocycles. The van der Waals surface area contributed by atoms with Gasteiger partial charge in [-0.25, -0.2) is 4.68 Å². The molecule has 1 aliphatic rings. The standard InChI is InChI=1S/C19H23N3O4/c1-25-16-7-3-13(11-17(16)26-2)12-18(23)20-9-10-22-19(24)8-6-15(21-22)14-4-5-14/h3,6-8,11,14H,4-5,9-10,12H2,1-2H3,(H,20,23). The van der Waals surface area contributed by atoms with Gasteiger partial charge < -0.3 is 14.8 Å². The molecule has 7 heteroatoms. The lowest BCUT2D eigenvalue weighted by Gasteiger charge is -2.10. The number of nitrogens with zero attached hydrogens (tertiary/aromatic N) is 2. The van der Waals surface area contributed by atoms with Gasteiger partial charge in [0.05, 0.1) is 32.9 Å². The van der Waals surface area contributed by atoms with Crippen molar-refractivity contribution in [1.82, 2.24) is 15.1 Å². The number of amides is 1. The van der Waals surface area contributed by atoms with Crippen molar-refractivity contribution >= 4 is 5.91 Å². The molecule has 1 amide bonds. The van der Waals surface area contributed by atoms with Crippen molar-refractivity contribution < 1.29 is 14.3 Å². The molecule has 138 valence electrons. The number of ether oxygens (including phenoxy) is 2. The largest absolute Gasteiger partial charge is 0.493 e. The molecule has 7 nitrogen and oxygen atoms in total. The van der Waals surface area contributed by atoms with Gasteiger partial charge in [-0.05, 0) is 36.6 Å². The van der Waals surface area contributed by atoms with Crippen molar-refractivity contribution in [1.29, 1.82) is 0 Å². The van der Waals surface area contributed by atoms with Gasteiger partial charge in [-0.2, -0.15) is 5.10 Å². The first kappa shape index (κ1) is 18.0. The van der Waals surface area contributed by atoms with Crippen LogP contribution in [0.1, 0.15) is 30.0 Å². The third-order valence-electron chi connectivity index (χ3n) is 4.34. The van der Waals surface area contributed by atoms with Crippen molar-refractivity contribution in [3.63, 3.8) is 0 Å². The fourth-order valence-corrected chi connectivity index (χ4v) is 2.76. The summed E-state index contributed by atoms with van der Waals surface area (Å²) in [6.07, 6.45) is 2.49. The lowest BCUT2D eigenvalue weighted by atomic mass is 10.1. The number of hydrogen-bond acceptors (Lipinski definition) is 5. The minimum absolute atomic E-state index is 0.122. The van der Waals surface area contributed by atoms with Crippen molar-refractivity contribution in [2.75, 3.05) is 20.8 Å². The van der Waals surface area contributed by atoms with Crippen LogP contribution in [0.15, 0.2) is 35.1 Å². The average Bonchev–Trinajstić information content (AvgIpc) is 3.48. The fraction of sp³-hybridized carbons (Fsp3) is 0.421. The average molecular weight is 357 g/mol. The summed E-state index contributed by atoms with van der Waals surface area (Å²) in [5.74, 6) is 1.58. The van der Waals surface area contributed by atoms with Crippen molar-refractivity contribution in [2.45, 2.75) is 31.7 Å². The summed E-state index contributed by atoms with van der Waals surface area (Å²) in [6.45, 7) is 0.713. The van der Waals surface area contributed by atoms with Gasteiger partial charge in [0.25, 0.3) is 5.56 Å². The molecule has 0 unspecified atom stereocenters. The summed E-state index contributed by atoms with van der Waals surface area (Å²) in [5.41, 5.74) is 1.64. The normalized spacial score (nSPS) is 13.3. The quantitative estimate of drug-likeness (QED) is 0.774. The van der Waals surface area contributed by atoms with Crippen molar-refractivity contribution in [2.24, 2.45) is 0 Å². The topological polar surface area (TPSA) is 82.5 Å². The van der Waals surface area contributed by atoms with Gasteiger partial charge in [0.15, 0.2) is 11.5 Å². The first-order valence-corrected chi connectivity index (χ1v) is 8.66. The van der Waals surface area contributed by atoms with Crippen LogP contribution in [0.4, 0.5) is 0 Å². The van der Waals surface area contributed by atoms with Crippen LogP contribution in [0, 0.1) is 0 Å². The maximum atomic E-state index is 12.1. The van der Waals surface area contributed by atoms with Crippen LogP contribution < -0.4 is 20.3 Å². The van der Waals surface area contributed by atoms with Gasteiger partial charge in [0.2, 0.25) is 5.91 Å². The highest BCUT2D eigenvalue weighted by Crippen LogP contribution is 2.38. The molecule has 1 fully saturated rings. The van der Waals surface area contributed by atoms with E-state index in [-0.39, 0.29) is 17.9 Å². The van der Waals surface area contributed by atoms with Gasteiger partial charge in [-0.1, -0.05) is 6.07 Å². The Morgan fingerprint density at radius 2 is 1.96 bits per heavy atom. The van der Waals surface area contributed by atoms with Crippen LogP contribution in [0.3, 0.4) is 0 Å². The lowest BCUT2D eigenvalue weighted by Crippen LogP contribution is -2.32. The lowest BCUT2D eigenvalue weighted by molar-refractivity contribution is -0.120. The van der Waals surface area contributed by atoms with E-state index in [1.165, 1.54) is 4.68 Å². The number of rotatable bonds is 8. The molecule has 0 spiro atoms. The zero-order valence-electron chi connectivity index (χ0n) is 15.0. The van der Waals surface area contributed by atoms with Crippen molar-refractivity contribution in [3.8, 4) is 11.5 Å². The second-order valence-corrected chi connectivity index (χ2v) is 6.31. The molecule has 3 rings (SSSR count). The number of carbonyl (C=O) groups is 1. The van der Waals surface area contributed by atoms with Crippen LogP contribution in [0.25, 0.3) is 0 Å². The number of carbonyl (C=O) groups excluding carboxylic acids is 1. The van der Waals surface area contributed by atoms with Crippen LogP contribution in [-0.4, -0.2) is 36.5 Å². The molecular formula is C19H23N3O4. The summed E-state index contributed by atoms with van der Waals surface area (Å²) < 4.78 is 11.9. The number of methoxy groups -OCH3 is 2. The monoisotopic (exact) mass is 357 g/mol. The second kappa shape index (κ2) is 8.03. The zero-order chi connectivity index (χ0) is 18.5. The number of nitrogens with one attached hydrogen (secondary N) is 1. The van der Waals surface area contributed by atoms with Gasteiger partial charge in [-0.3, -0.25) is 9.59 Å². The van der Waals surface area contributed by atoms with Crippen molar-refractivity contribution in [3.05, 3.63) is 51.9 Å². The van der Waals surface area contributed by atoms with E-state index in [2.05, 4.69) is 10.4 Å². The molecule has 1 saturated carbocycles. The van der Waals surface area contributed by atoms with E-state index in [1.54, 1.807) is 38.5 Å². The fourth-order valence-electron chi connectivity index (χ4n) is 2.76. The van der Waals surface area contributed by atoms with E-state index >= 15 is 0 Å². The summed E-state index contributed by atoms with van der Waals surface area (Å²) >= 11 is 0. The predicted octanol–water partition coefficient (Wildman–Crippen LogP) is 1.50. The molecule has 2 aromatic rings. The summed E-state index contributed by atoms with van der Waals surface area (Å²) in [7, 11) is 3.13. The molecule has 0 saturated heterocycles. The summed E-state index contributed by atoms with van der Waals surface area (Å²) in [5, 5.41) is 7.21. The predicted molar refractivity (Wildman–Crippen MR) is 96.7 cm³/mol. The number of hydrogen-bond donors (Lipinski definition) is 1. The second-order valence-electron chi connectivity index (χ2n) is 6.31. The molecule has 1 aliphatic carbocycles. The Bertz CT molecular complexity index is 843. The third-order valence-corrected chi connectivity index (χ3v) is 4.34. The van der Waals surface area contributed by atoms with E-state index in [9.17, 15) is 9.59 Å². The Labute approximate surface area is 151 Å². The molecule has 1 aromatic heterocycles. The highest BCUT2D eigenvalue weighted by Gasteiger charge is 2.25. The molecule has 0 atom stereocenters. The van der Waals surface area contributed by atoms with Crippen LogP contribution in [-0.2, 0) is 17.8 Å². The number of aromatic nitrogens is 2. The molecule has 0 aliphatic heterocycles. The van der Waals surface area contributed by atoms with Gasteiger partial charge in [0, 0.05) is 18.5 Å². The maximum Gasteiger partial charge on any atom is 0.266 e. The van der Waals surface area contributed by atoms with Gasteiger partial charge in [-0.15, -0.1) is 0 Å². The zero-order valence-corrected chi connectivity index (χ0v) is 15.0. The summed E-state index contributed by atoms with van der Waals surface area (Å²) in [6, 6.07) is 8.72. The third kappa shape index (κ3) is 4.41. The SMILES string of the molecule is COc1ccc(CC(=O)NCCn2nc(C3CC3)ccc2=O)cc1OC.